The number of nitrogens with zero attached hydrogens (tertiary/aromatic N) is 1. The van der Waals surface area contributed by atoms with Gasteiger partial charge in [0.25, 0.3) is 0 Å². The molecule has 2 atom stereocenters. The SMILES string of the molecule is CC(=O)CCCCC[C@H](NC(=O)C1CN(C)CCN1)C(=O)NCCc1c(-c2ccccc2)[nH]c2ccccc12. The van der Waals surface area contributed by atoms with Gasteiger partial charge in [-0.3, -0.25) is 9.59 Å². The molecule has 0 aliphatic carbocycles. The largest absolute Gasteiger partial charge is 0.354 e. The van der Waals surface area contributed by atoms with Gasteiger partial charge in [0.15, 0.2) is 0 Å². The molecule has 2 heterocycles. The van der Waals surface area contributed by atoms with Crippen molar-refractivity contribution < 1.29 is 14.4 Å². The number of H-pyrrole nitrogens is 1. The maximum atomic E-state index is 13.3. The van der Waals surface area contributed by atoms with Crippen LogP contribution in [0.3, 0.4) is 0 Å². The molecule has 208 valence electrons. The minimum absolute atomic E-state index is 0.145. The van der Waals surface area contributed by atoms with Gasteiger partial charge in [-0.1, -0.05) is 61.4 Å². The fourth-order valence-corrected chi connectivity index (χ4v) is 5.26. The molecule has 1 unspecified atom stereocenters. The number of piperazine rings is 1. The Bertz CT molecular complexity index is 1260. The maximum absolute atomic E-state index is 13.3. The zero-order chi connectivity index (χ0) is 27.6. The van der Waals surface area contributed by atoms with E-state index in [4.69, 9.17) is 0 Å². The van der Waals surface area contributed by atoms with E-state index < -0.39 is 6.04 Å². The van der Waals surface area contributed by atoms with E-state index >= 15 is 0 Å². The number of nitrogens with one attached hydrogen (secondary N) is 4. The molecule has 2 aromatic carbocycles. The molecular weight excluding hydrogens is 490 g/mol. The summed E-state index contributed by atoms with van der Waals surface area (Å²) >= 11 is 0. The van der Waals surface area contributed by atoms with E-state index in [1.165, 1.54) is 0 Å². The molecule has 4 rings (SSSR count). The van der Waals surface area contributed by atoms with Crippen molar-refractivity contribution in [3.05, 3.63) is 60.2 Å². The number of carbonyl (C=O) groups is 3. The lowest BCUT2D eigenvalue weighted by Crippen LogP contribution is -2.59. The Morgan fingerprint density at radius 1 is 1.03 bits per heavy atom. The summed E-state index contributed by atoms with van der Waals surface area (Å²) in [6, 6.07) is 17.5. The van der Waals surface area contributed by atoms with Gasteiger partial charge in [-0.2, -0.15) is 0 Å². The number of para-hydroxylation sites is 1. The number of Topliss-reactive ketones (excluding diaryl/α,β-unsaturated/α-hetero) is 1. The quantitative estimate of drug-likeness (QED) is 0.253. The molecule has 2 amide bonds. The van der Waals surface area contributed by atoms with E-state index in [2.05, 4.69) is 50.1 Å². The summed E-state index contributed by atoms with van der Waals surface area (Å²) in [5.74, 6) is -0.133. The van der Waals surface area contributed by atoms with Gasteiger partial charge in [-0.25, -0.2) is 0 Å². The van der Waals surface area contributed by atoms with E-state index in [1.54, 1.807) is 6.92 Å². The van der Waals surface area contributed by atoms with Gasteiger partial charge < -0.3 is 30.6 Å². The molecule has 1 saturated heterocycles. The summed E-state index contributed by atoms with van der Waals surface area (Å²) in [4.78, 5) is 43.3. The smallest absolute Gasteiger partial charge is 0.242 e. The third-order valence-electron chi connectivity index (χ3n) is 7.40. The second kappa shape index (κ2) is 14.1. The van der Waals surface area contributed by atoms with Gasteiger partial charge in [0, 0.05) is 49.2 Å². The third kappa shape index (κ3) is 8.00. The first-order valence-electron chi connectivity index (χ1n) is 14.1. The minimum atomic E-state index is -0.611. The summed E-state index contributed by atoms with van der Waals surface area (Å²) < 4.78 is 0. The molecule has 39 heavy (non-hydrogen) atoms. The number of hydrogen-bond acceptors (Lipinski definition) is 5. The summed E-state index contributed by atoms with van der Waals surface area (Å²) in [6.45, 7) is 4.30. The first-order valence-corrected chi connectivity index (χ1v) is 14.1. The highest BCUT2D eigenvalue weighted by Crippen LogP contribution is 2.30. The number of aromatic nitrogens is 1. The Labute approximate surface area is 230 Å². The predicted octanol–water partition coefficient (Wildman–Crippen LogP) is 3.42. The Hall–Kier alpha value is -3.49. The van der Waals surface area contributed by atoms with E-state index in [9.17, 15) is 14.4 Å². The lowest BCUT2D eigenvalue weighted by Gasteiger charge is -2.31. The molecule has 1 aliphatic heterocycles. The number of carbonyl (C=O) groups excluding carboxylic acids is 3. The molecule has 8 nitrogen and oxygen atoms in total. The average molecular weight is 532 g/mol. The Morgan fingerprint density at radius 3 is 2.56 bits per heavy atom. The van der Waals surface area contributed by atoms with Gasteiger partial charge in [-0.05, 0) is 50.4 Å². The fourth-order valence-electron chi connectivity index (χ4n) is 5.26. The van der Waals surface area contributed by atoms with Crippen molar-refractivity contribution in [3.8, 4) is 11.3 Å². The summed E-state index contributed by atoms with van der Waals surface area (Å²) in [5, 5.41) is 10.5. The summed E-state index contributed by atoms with van der Waals surface area (Å²) in [7, 11) is 1.99. The monoisotopic (exact) mass is 531 g/mol. The van der Waals surface area contributed by atoms with E-state index in [1.807, 2.05) is 37.4 Å². The highest BCUT2D eigenvalue weighted by molar-refractivity contribution is 5.91. The molecule has 0 spiro atoms. The molecule has 1 aliphatic rings. The van der Waals surface area contributed by atoms with Gasteiger partial charge >= 0.3 is 0 Å². The van der Waals surface area contributed by atoms with Crippen molar-refractivity contribution in [1.82, 2.24) is 25.8 Å². The van der Waals surface area contributed by atoms with Gasteiger partial charge in [0.05, 0.1) is 6.04 Å². The van der Waals surface area contributed by atoms with Gasteiger partial charge in [0.1, 0.15) is 11.8 Å². The molecule has 1 fully saturated rings. The van der Waals surface area contributed by atoms with Crippen LogP contribution in [0.5, 0.6) is 0 Å². The number of ketones is 1. The topological polar surface area (TPSA) is 106 Å². The van der Waals surface area contributed by atoms with Crippen LogP contribution in [0.2, 0.25) is 0 Å². The number of aromatic amines is 1. The molecular formula is C31H41N5O3. The number of benzene rings is 2. The highest BCUT2D eigenvalue weighted by atomic mass is 16.2. The number of hydrogen-bond donors (Lipinski definition) is 4. The van der Waals surface area contributed by atoms with Crippen LogP contribution in [0.15, 0.2) is 54.6 Å². The molecule has 4 N–H and O–H groups in total. The van der Waals surface area contributed by atoms with Crippen LogP contribution in [0.4, 0.5) is 0 Å². The number of rotatable bonds is 13. The Morgan fingerprint density at radius 2 is 1.79 bits per heavy atom. The highest BCUT2D eigenvalue weighted by Gasteiger charge is 2.28. The summed E-state index contributed by atoms with van der Waals surface area (Å²) in [5.41, 5.74) is 4.40. The molecule has 0 bridgehead atoms. The van der Waals surface area contributed by atoms with E-state index in [0.29, 0.717) is 32.4 Å². The van der Waals surface area contributed by atoms with Crippen molar-refractivity contribution in [2.45, 2.75) is 57.5 Å². The van der Waals surface area contributed by atoms with Crippen molar-refractivity contribution in [2.24, 2.45) is 0 Å². The van der Waals surface area contributed by atoms with Crippen LogP contribution in [0.1, 0.15) is 44.6 Å². The van der Waals surface area contributed by atoms with Crippen molar-refractivity contribution >= 4 is 28.5 Å². The van der Waals surface area contributed by atoms with Crippen molar-refractivity contribution in [2.75, 3.05) is 33.2 Å². The van der Waals surface area contributed by atoms with Crippen molar-refractivity contribution in [3.63, 3.8) is 0 Å². The van der Waals surface area contributed by atoms with Crippen LogP contribution in [-0.4, -0.2) is 72.8 Å². The summed E-state index contributed by atoms with van der Waals surface area (Å²) in [6.07, 6.45) is 4.17. The van der Waals surface area contributed by atoms with Crippen LogP contribution in [-0.2, 0) is 20.8 Å². The molecule has 8 heteroatoms. The number of likely N-dealkylation sites (N-methyl/N-ethyl adjacent to an activating group) is 1. The van der Waals surface area contributed by atoms with E-state index in [0.717, 1.165) is 60.1 Å². The second-order valence-electron chi connectivity index (χ2n) is 10.6. The van der Waals surface area contributed by atoms with Crippen LogP contribution in [0, 0.1) is 0 Å². The standard InChI is InChI=1S/C31H41N5O3/c1-22(37)11-5-3-8-16-27(35-31(39)28-21-36(2)20-19-32-28)30(38)33-18-17-25-24-14-9-10-15-26(24)34-29(25)23-12-6-4-7-13-23/h4,6-7,9-10,12-15,27-28,32,34H,3,5,8,11,16-21H2,1-2H3,(H,33,38)(H,35,39)/t27-,28?/m0/s1. The zero-order valence-electron chi connectivity index (χ0n) is 23.1. The fraction of sp³-hybridized carbons (Fsp3) is 0.452. The normalized spacial score (nSPS) is 16.6. The number of unbranched alkanes of at least 4 members (excludes halogenated alkanes) is 2. The Balaban J connectivity index is 1.41. The van der Waals surface area contributed by atoms with Crippen LogP contribution in [0.25, 0.3) is 22.2 Å². The molecule has 1 aromatic heterocycles. The Kier molecular flexibility index (Phi) is 10.3. The average Bonchev–Trinajstić information content (AvgIpc) is 3.31. The van der Waals surface area contributed by atoms with Crippen molar-refractivity contribution in [1.29, 1.82) is 0 Å². The maximum Gasteiger partial charge on any atom is 0.242 e. The molecule has 0 saturated carbocycles. The van der Waals surface area contributed by atoms with E-state index in [-0.39, 0.29) is 23.6 Å². The third-order valence-corrected chi connectivity index (χ3v) is 7.40. The zero-order valence-corrected chi connectivity index (χ0v) is 23.1. The lowest BCUT2D eigenvalue weighted by atomic mass is 10.0. The first kappa shape index (κ1) is 28.5. The first-order chi connectivity index (χ1) is 18.9. The van der Waals surface area contributed by atoms with Gasteiger partial charge in [-0.15, -0.1) is 0 Å². The van der Waals surface area contributed by atoms with Crippen LogP contribution >= 0.6 is 0 Å². The predicted molar refractivity (Wildman–Crippen MR) is 155 cm³/mol. The van der Waals surface area contributed by atoms with Crippen LogP contribution < -0.4 is 16.0 Å². The number of amides is 2. The van der Waals surface area contributed by atoms with Gasteiger partial charge in [0.2, 0.25) is 11.8 Å². The second-order valence-corrected chi connectivity index (χ2v) is 10.6. The minimum Gasteiger partial charge on any atom is -0.354 e. The number of fused-ring (bicyclic) bond motifs is 1. The lowest BCUT2D eigenvalue weighted by molar-refractivity contribution is -0.130. The molecule has 0 radical (unpaired) electrons. The molecule has 3 aromatic rings.